The van der Waals surface area contributed by atoms with Crippen LogP contribution in [-0.2, 0) is 6.54 Å². The average Bonchev–Trinajstić information content (AvgIpc) is 1.88. The molecule has 1 aromatic rings. The van der Waals surface area contributed by atoms with Gasteiger partial charge in [0.15, 0.2) is 0 Å². The molecule has 0 N–H and O–H groups in total. The Morgan fingerprint density at radius 1 is 1.25 bits per heavy atom. The van der Waals surface area contributed by atoms with Crippen molar-refractivity contribution in [3.63, 3.8) is 0 Å². The minimum absolute atomic E-state index is 0. The molecule has 12 heavy (non-hydrogen) atoms. The molecule has 62 valence electrons. The number of hydrogen-bond donors (Lipinski definition) is 0. The molecule has 0 atom stereocenters. The fraction of sp³-hybridized carbons (Fsp3) is 0.333. The molecule has 0 aliphatic heterocycles. The average molecular weight is 238 g/mol. The molecule has 0 spiro atoms. The smallest absolute Gasteiger partial charge is 1.00 e. The SMILES string of the molecule is CN(C)Cc1cc[c-]cc1.[Br-].[Mg+2]. The van der Waals surface area contributed by atoms with Crippen LogP contribution in [0, 0.1) is 6.07 Å². The molecule has 0 unspecified atom stereocenters. The Kier molecular flexibility index (Phi) is 10.0. The molecule has 0 aliphatic carbocycles. The van der Waals surface area contributed by atoms with Crippen LogP contribution in [0.15, 0.2) is 24.3 Å². The Balaban J connectivity index is 0. The van der Waals surface area contributed by atoms with Crippen molar-refractivity contribution < 1.29 is 17.0 Å². The molecule has 0 amide bonds. The Morgan fingerprint density at radius 3 is 2.17 bits per heavy atom. The molecule has 0 aliphatic rings. The molecule has 3 heteroatoms. The maximum absolute atomic E-state index is 2.99. The normalized spacial score (nSPS) is 8.58. The van der Waals surface area contributed by atoms with Crippen LogP contribution in [0.4, 0.5) is 0 Å². The third-order valence-corrected chi connectivity index (χ3v) is 1.29. The maximum Gasteiger partial charge on any atom is 2.00 e. The van der Waals surface area contributed by atoms with Gasteiger partial charge < -0.3 is 21.9 Å². The van der Waals surface area contributed by atoms with Crippen molar-refractivity contribution >= 4 is 23.1 Å². The molecular weight excluding hydrogens is 226 g/mol. The monoisotopic (exact) mass is 237 g/mol. The van der Waals surface area contributed by atoms with E-state index in [0.717, 1.165) is 6.54 Å². The molecular formula is C9H12BrMgN. The second-order valence-electron chi connectivity index (χ2n) is 2.65. The van der Waals surface area contributed by atoms with Gasteiger partial charge in [0, 0.05) is 6.54 Å². The van der Waals surface area contributed by atoms with E-state index in [-0.39, 0.29) is 40.0 Å². The number of nitrogens with zero attached hydrogens (tertiary/aromatic N) is 1. The standard InChI is InChI=1S/C9H12N.BrH.Mg/c1-10(2)8-9-6-4-3-5-7-9;;/h4-7H,8H2,1-2H3;1H;/q-1;;+2/p-1. The first kappa shape index (κ1) is 14.9. The zero-order valence-corrected chi connectivity index (χ0v) is 10.5. The minimum Gasteiger partial charge on any atom is -1.00 e. The van der Waals surface area contributed by atoms with Crippen molar-refractivity contribution in [2.75, 3.05) is 14.1 Å². The van der Waals surface area contributed by atoms with Crippen LogP contribution in [0.5, 0.6) is 0 Å². The minimum atomic E-state index is 0. The zero-order chi connectivity index (χ0) is 7.40. The predicted octanol–water partition coefficient (Wildman–Crippen LogP) is -1.83. The molecule has 1 rings (SSSR count). The van der Waals surface area contributed by atoms with E-state index < -0.39 is 0 Å². The van der Waals surface area contributed by atoms with Crippen molar-refractivity contribution in [2.24, 2.45) is 0 Å². The fourth-order valence-electron chi connectivity index (χ4n) is 0.892. The zero-order valence-electron chi connectivity index (χ0n) is 7.55. The molecule has 1 nitrogen and oxygen atoms in total. The molecule has 0 heterocycles. The Hall–Kier alpha value is 0.426. The van der Waals surface area contributed by atoms with Crippen molar-refractivity contribution in [2.45, 2.75) is 6.54 Å². The van der Waals surface area contributed by atoms with Gasteiger partial charge in [-0.05, 0) is 14.1 Å². The van der Waals surface area contributed by atoms with E-state index in [4.69, 9.17) is 0 Å². The van der Waals surface area contributed by atoms with Gasteiger partial charge in [0.2, 0.25) is 0 Å². The van der Waals surface area contributed by atoms with E-state index in [9.17, 15) is 0 Å². The van der Waals surface area contributed by atoms with Crippen LogP contribution in [-0.4, -0.2) is 42.0 Å². The van der Waals surface area contributed by atoms with Crippen LogP contribution in [0.2, 0.25) is 0 Å². The predicted molar refractivity (Wildman–Crippen MR) is 48.4 cm³/mol. The second-order valence-corrected chi connectivity index (χ2v) is 2.65. The molecule has 0 fully saturated rings. The number of halogens is 1. The van der Waals surface area contributed by atoms with Crippen molar-refractivity contribution in [3.8, 4) is 0 Å². The summed E-state index contributed by atoms with van der Waals surface area (Å²) < 4.78 is 0. The molecule has 0 radical (unpaired) electrons. The van der Waals surface area contributed by atoms with Gasteiger partial charge in [0.25, 0.3) is 0 Å². The third kappa shape index (κ3) is 6.00. The fourth-order valence-corrected chi connectivity index (χ4v) is 0.892. The van der Waals surface area contributed by atoms with Gasteiger partial charge in [-0.15, -0.1) is 5.56 Å². The summed E-state index contributed by atoms with van der Waals surface area (Å²) in [6.45, 7) is 1.01. The van der Waals surface area contributed by atoms with Crippen molar-refractivity contribution in [1.82, 2.24) is 4.90 Å². The summed E-state index contributed by atoms with van der Waals surface area (Å²) in [5.41, 5.74) is 1.34. The van der Waals surface area contributed by atoms with E-state index in [2.05, 4.69) is 37.2 Å². The molecule has 0 bridgehead atoms. The molecule has 0 saturated carbocycles. The van der Waals surface area contributed by atoms with E-state index in [1.807, 2.05) is 12.1 Å². The van der Waals surface area contributed by atoms with Crippen LogP contribution >= 0.6 is 0 Å². The Bertz CT molecular complexity index is 189. The van der Waals surface area contributed by atoms with E-state index in [0.29, 0.717) is 0 Å². The first-order chi connectivity index (χ1) is 4.79. The largest absolute Gasteiger partial charge is 2.00 e. The van der Waals surface area contributed by atoms with Gasteiger partial charge in [0.05, 0.1) is 0 Å². The summed E-state index contributed by atoms with van der Waals surface area (Å²) in [6, 6.07) is 11.0. The summed E-state index contributed by atoms with van der Waals surface area (Å²) in [6.07, 6.45) is 0. The molecule has 0 aromatic heterocycles. The third-order valence-electron chi connectivity index (χ3n) is 1.29. The summed E-state index contributed by atoms with van der Waals surface area (Å²) in [5.74, 6) is 0. The molecule has 0 saturated heterocycles. The van der Waals surface area contributed by atoms with E-state index >= 15 is 0 Å². The Labute approximate surface area is 101 Å². The summed E-state index contributed by atoms with van der Waals surface area (Å²) >= 11 is 0. The summed E-state index contributed by atoms with van der Waals surface area (Å²) in [7, 11) is 4.13. The number of hydrogen-bond acceptors (Lipinski definition) is 1. The Morgan fingerprint density at radius 2 is 1.75 bits per heavy atom. The number of rotatable bonds is 2. The quantitative estimate of drug-likeness (QED) is 0.433. The van der Waals surface area contributed by atoms with Crippen molar-refractivity contribution in [1.29, 1.82) is 0 Å². The van der Waals surface area contributed by atoms with Gasteiger partial charge in [-0.2, -0.15) is 30.3 Å². The van der Waals surface area contributed by atoms with Crippen LogP contribution in [0.3, 0.4) is 0 Å². The topological polar surface area (TPSA) is 3.24 Å². The van der Waals surface area contributed by atoms with Gasteiger partial charge in [-0.3, -0.25) is 0 Å². The van der Waals surface area contributed by atoms with Crippen molar-refractivity contribution in [3.05, 3.63) is 35.9 Å². The molecule has 1 aromatic carbocycles. The first-order valence-corrected chi connectivity index (χ1v) is 3.39. The van der Waals surface area contributed by atoms with Gasteiger partial charge >= 0.3 is 23.1 Å². The van der Waals surface area contributed by atoms with Crippen LogP contribution < -0.4 is 17.0 Å². The number of benzene rings is 1. The van der Waals surface area contributed by atoms with E-state index in [1.165, 1.54) is 5.56 Å². The first-order valence-electron chi connectivity index (χ1n) is 3.39. The van der Waals surface area contributed by atoms with E-state index in [1.54, 1.807) is 0 Å². The van der Waals surface area contributed by atoms with Crippen LogP contribution in [0.1, 0.15) is 5.56 Å². The van der Waals surface area contributed by atoms with Gasteiger partial charge in [-0.25, -0.2) is 0 Å². The van der Waals surface area contributed by atoms with Crippen LogP contribution in [0.25, 0.3) is 0 Å². The summed E-state index contributed by atoms with van der Waals surface area (Å²) in [5, 5.41) is 0. The second kappa shape index (κ2) is 8.04. The van der Waals surface area contributed by atoms with Gasteiger partial charge in [-0.1, -0.05) is 0 Å². The maximum atomic E-state index is 2.99. The summed E-state index contributed by atoms with van der Waals surface area (Å²) in [4.78, 5) is 2.15. The van der Waals surface area contributed by atoms with Gasteiger partial charge in [0.1, 0.15) is 0 Å².